The van der Waals surface area contributed by atoms with E-state index in [2.05, 4.69) is 25.0 Å². The zero-order valence-corrected chi connectivity index (χ0v) is 26.2. The summed E-state index contributed by atoms with van der Waals surface area (Å²) in [6.07, 6.45) is 2.81. The number of halogens is 3. The van der Waals surface area contributed by atoms with Gasteiger partial charge in [-0.1, -0.05) is 41.0 Å². The summed E-state index contributed by atoms with van der Waals surface area (Å²) < 4.78 is 57.6. The molecule has 14 heteroatoms. The van der Waals surface area contributed by atoms with E-state index >= 15 is 4.39 Å². The number of rotatable bonds is 17. The first kappa shape index (κ1) is 34.4. The highest BCUT2D eigenvalue weighted by Crippen LogP contribution is 2.33. The Morgan fingerprint density at radius 3 is 2.53 bits per heavy atom. The van der Waals surface area contributed by atoms with Crippen molar-refractivity contribution in [2.75, 3.05) is 13.1 Å². The number of hydrogen-bond donors (Lipinski definition) is 3. The van der Waals surface area contributed by atoms with Crippen LogP contribution in [0.3, 0.4) is 0 Å². The number of ketones is 1. The molecule has 45 heavy (non-hydrogen) atoms. The number of carbonyl (C=O) groups excluding carboxylic acids is 1. The molecule has 0 spiro atoms. The molecule has 2 aromatic carbocycles. The molecule has 0 amide bonds. The summed E-state index contributed by atoms with van der Waals surface area (Å²) >= 11 is 6.07. The number of sulfonamides is 1. The van der Waals surface area contributed by atoms with Crippen LogP contribution < -0.4 is 10.0 Å². The summed E-state index contributed by atoms with van der Waals surface area (Å²) in [5.41, 5.74) is 10.8. The Labute approximate surface area is 265 Å². The first-order valence-corrected chi connectivity index (χ1v) is 16.5. The normalized spacial score (nSPS) is 15.9. The summed E-state index contributed by atoms with van der Waals surface area (Å²) in [6, 6.07) is 10.2. The topological polar surface area (TPSA) is 157 Å². The Morgan fingerprint density at radius 1 is 1.16 bits per heavy atom. The van der Waals surface area contributed by atoms with Gasteiger partial charge in [-0.05, 0) is 84.7 Å². The highest BCUT2D eigenvalue weighted by molar-refractivity contribution is 7.90. The van der Waals surface area contributed by atoms with E-state index in [4.69, 9.17) is 11.6 Å². The van der Waals surface area contributed by atoms with Crippen molar-refractivity contribution >= 4 is 27.4 Å². The van der Waals surface area contributed by atoms with E-state index in [0.29, 0.717) is 29.0 Å². The van der Waals surface area contributed by atoms with E-state index in [1.165, 1.54) is 24.4 Å². The number of hydrogen-bond acceptors (Lipinski definition) is 7. The van der Waals surface area contributed by atoms with Crippen LogP contribution in [0.5, 0.6) is 0 Å². The van der Waals surface area contributed by atoms with Crippen molar-refractivity contribution in [2.45, 2.75) is 68.4 Å². The number of pyridine rings is 1. The molecule has 0 saturated heterocycles. The lowest BCUT2D eigenvalue weighted by molar-refractivity contribution is -0.119. The molecule has 0 aliphatic heterocycles. The van der Waals surface area contributed by atoms with Crippen LogP contribution in [-0.4, -0.2) is 60.8 Å². The zero-order chi connectivity index (χ0) is 32.6. The predicted octanol–water partition coefficient (Wildman–Crippen LogP) is 4.99. The predicted molar refractivity (Wildman–Crippen MR) is 167 cm³/mol. The third kappa shape index (κ3) is 9.77. The van der Waals surface area contributed by atoms with Crippen LogP contribution >= 0.6 is 11.6 Å². The third-order valence-corrected chi connectivity index (χ3v) is 9.85. The summed E-state index contributed by atoms with van der Waals surface area (Å²) in [5, 5.41) is 16.4. The van der Waals surface area contributed by atoms with Crippen LogP contribution in [0.4, 0.5) is 8.78 Å². The third-order valence-electron chi connectivity index (χ3n) is 7.58. The number of azide groups is 1. The minimum absolute atomic E-state index is 0.0713. The first-order chi connectivity index (χ1) is 21.5. The van der Waals surface area contributed by atoms with Gasteiger partial charge in [-0.25, -0.2) is 21.9 Å². The van der Waals surface area contributed by atoms with Gasteiger partial charge in [-0.3, -0.25) is 9.78 Å². The average Bonchev–Trinajstić information content (AvgIpc) is 3.84. The Morgan fingerprint density at radius 2 is 1.89 bits per heavy atom. The summed E-state index contributed by atoms with van der Waals surface area (Å²) in [4.78, 5) is 20.7. The van der Waals surface area contributed by atoms with Gasteiger partial charge in [0.15, 0.2) is 0 Å². The van der Waals surface area contributed by atoms with Crippen molar-refractivity contribution in [3.05, 3.63) is 110 Å². The lowest BCUT2D eigenvalue weighted by Crippen LogP contribution is -2.44. The van der Waals surface area contributed by atoms with Gasteiger partial charge in [0.05, 0.1) is 17.6 Å². The molecule has 1 saturated carbocycles. The number of aliphatic hydroxyl groups excluding tert-OH is 1. The highest BCUT2D eigenvalue weighted by atomic mass is 35.5. The van der Waals surface area contributed by atoms with Gasteiger partial charge >= 0.3 is 0 Å². The fraction of sp³-hybridized carbons (Fsp3) is 0.419. The van der Waals surface area contributed by atoms with Crippen molar-refractivity contribution in [1.82, 2.24) is 15.0 Å². The molecule has 1 aromatic heterocycles. The molecular formula is C31H35ClF2N6O4S. The number of Topliss-reactive ketones (excluding diaryl/α,β-unsaturated/α-hetero) is 1. The molecule has 1 heterocycles. The second-order valence-corrected chi connectivity index (χ2v) is 13.7. The first-order valence-electron chi connectivity index (χ1n) is 14.6. The molecule has 3 N–H and O–H groups in total. The maximum absolute atomic E-state index is 15.2. The zero-order valence-electron chi connectivity index (χ0n) is 24.6. The van der Waals surface area contributed by atoms with Crippen molar-refractivity contribution in [3.63, 3.8) is 0 Å². The van der Waals surface area contributed by atoms with Gasteiger partial charge in [0.2, 0.25) is 10.0 Å². The minimum Gasteiger partial charge on any atom is -0.392 e. The molecule has 10 nitrogen and oxygen atoms in total. The maximum Gasteiger partial charge on any atom is 0.214 e. The van der Waals surface area contributed by atoms with Gasteiger partial charge in [-0.2, -0.15) is 0 Å². The molecule has 3 aromatic rings. The number of benzene rings is 2. The molecule has 4 atom stereocenters. The minimum atomic E-state index is -3.56. The highest BCUT2D eigenvalue weighted by Gasteiger charge is 2.37. The van der Waals surface area contributed by atoms with Gasteiger partial charge < -0.3 is 10.4 Å². The van der Waals surface area contributed by atoms with Gasteiger partial charge in [0.25, 0.3) is 0 Å². The summed E-state index contributed by atoms with van der Waals surface area (Å²) in [7, 11) is -3.56. The van der Waals surface area contributed by atoms with Gasteiger partial charge in [0.1, 0.15) is 23.5 Å². The van der Waals surface area contributed by atoms with Gasteiger partial charge in [-0.15, -0.1) is 0 Å². The summed E-state index contributed by atoms with van der Waals surface area (Å²) in [5.74, 6) is -2.62. The average molecular weight is 661 g/mol. The Kier molecular flexibility index (Phi) is 12.0. The number of aromatic nitrogens is 1. The van der Waals surface area contributed by atoms with Crippen LogP contribution in [0, 0.1) is 11.6 Å². The molecule has 0 radical (unpaired) electrons. The molecule has 4 rings (SSSR count). The molecule has 1 aliphatic carbocycles. The van der Waals surface area contributed by atoms with E-state index in [9.17, 15) is 28.2 Å². The SMILES string of the molecule is C[C@@H](O)CNC[C@H](CCc1c(F)cncc1CC(=O)[C@@H](N=[N+]=[N-])[C@@H](c1ccc(Cl)cc1)c1cccc(F)c1)NS(=O)(=O)C1CC1. The smallest absolute Gasteiger partial charge is 0.214 e. The number of nitrogens with zero attached hydrogens (tertiary/aromatic N) is 4. The van der Waals surface area contributed by atoms with Crippen molar-refractivity contribution in [2.24, 2.45) is 5.11 Å². The molecular weight excluding hydrogens is 626 g/mol. The fourth-order valence-electron chi connectivity index (χ4n) is 5.22. The van der Waals surface area contributed by atoms with E-state index in [1.54, 1.807) is 37.3 Å². The molecule has 1 aliphatic rings. The van der Waals surface area contributed by atoms with E-state index < -0.39 is 56.8 Å². The van der Waals surface area contributed by atoms with Crippen molar-refractivity contribution in [3.8, 4) is 0 Å². The van der Waals surface area contributed by atoms with E-state index in [1.807, 2.05) is 0 Å². The number of aliphatic hydroxyl groups is 1. The summed E-state index contributed by atoms with van der Waals surface area (Å²) in [6.45, 7) is 2.04. The van der Waals surface area contributed by atoms with Gasteiger partial charge in [0, 0.05) is 47.6 Å². The monoisotopic (exact) mass is 660 g/mol. The van der Waals surface area contributed by atoms with Crippen LogP contribution in [-0.2, 0) is 27.7 Å². The second-order valence-electron chi connectivity index (χ2n) is 11.2. The largest absolute Gasteiger partial charge is 0.392 e. The second kappa shape index (κ2) is 15.7. The lowest BCUT2D eigenvalue weighted by atomic mass is 9.82. The van der Waals surface area contributed by atoms with Crippen LogP contribution in [0.15, 0.2) is 66.0 Å². The molecule has 0 unspecified atom stereocenters. The standard InChI is InChI=1S/C31H35ClF2N6O4S/c1-19(41)15-36-17-25(39-45(43,44)26-10-11-26)9-12-27-22(16-37-18-28(27)34)14-29(42)31(38-40-35)30(20-5-7-23(32)8-6-20)21-3-2-4-24(33)13-21/h2-8,13,16,18-19,25-26,30-31,36,39,41H,9-12,14-15,17H2,1H3/t19-,25+,30+,31-/m1/s1. The lowest BCUT2D eigenvalue weighted by Gasteiger charge is -2.24. The van der Waals surface area contributed by atoms with Crippen molar-refractivity contribution in [1.29, 1.82) is 0 Å². The Balaban J connectivity index is 1.60. The van der Waals surface area contributed by atoms with E-state index in [-0.39, 0.29) is 43.5 Å². The molecule has 0 bridgehead atoms. The Hall–Kier alpha value is -3.45. The van der Waals surface area contributed by atoms with E-state index in [0.717, 1.165) is 6.20 Å². The Bertz CT molecular complexity index is 1630. The fourth-order valence-corrected chi connectivity index (χ4v) is 6.96. The van der Waals surface area contributed by atoms with Crippen LogP contribution in [0.2, 0.25) is 5.02 Å². The van der Waals surface area contributed by atoms with Crippen LogP contribution in [0.1, 0.15) is 54.4 Å². The molecule has 240 valence electrons. The van der Waals surface area contributed by atoms with Crippen molar-refractivity contribution < 1.29 is 27.1 Å². The maximum atomic E-state index is 15.2. The van der Waals surface area contributed by atoms with Crippen LogP contribution in [0.25, 0.3) is 10.4 Å². The number of nitrogens with one attached hydrogen (secondary N) is 2. The number of carbonyl (C=O) groups is 1. The molecule has 1 fully saturated rings. The quantitative estimate of drug-likeness (QED) is 0.105.